The molecule has 0 spiro atoms. The number of rotatable bonds is 4. The lowest BCUT2D eigenvalue weighted by molar-refractivity contribution is 0.0600. The Morgan fingerprint density at radius 1 is 1.59 bits per heavy atom. The van der Waals surface area contributed by atoms with Crippen LogP contribution in [-0.2, 0) is 4.74 Å². The van der Waals surface area contributed by atoms with Crippen molar-refractivity contribution in [2.24, 2.45) is 4.99 Å². The van der Waals surface area contributed by atoms with Crippen LogP contribution < -0.4 is 0 Å². The van der Waals surface area contributed by atoms with Gasteiger partial charge >= 0.3 is 5.97 Å². The van der Waals surface area contributed by atoms with Crippen molar-refractivity contribution in [2.75, 3.05) is 13.7 Å². The molecule has 0 aromatic heterocycles. The van der Waals surface area contributed by atoms with Crippen LogP contribution in [0.15, 0.2) is 23.2 Å². The van der Waals surface area contributed by atoms with E-state index in [0.29, 0.717) is 11.1 Å². The first-order chi connectivity index (χ1) is 8.08. The average Bonchev–Trinajstić information content (AvgIpc) is 2.36. The highest BCUT2D eigenvalue weighted by atomic mass is 16.5. The molecule has 2 N–H and O–H groups in total. The lowest BCUT2D eigenvalue weighted by Crippen LogP contribution is -2.05. The summed E-state index contributed by atoms with van der Waals surface area (Å²) in [5, 5.41) is 18.4. The van der Waals surface area contributed by atoms with Gasteiger partial charge in [0.1, 0.15) is 5.75 Å². The first kappa shape index (κ1) is 13.2. The van der Waals surface area contributed by atoms with E-state index >= 15 is 0 Å². The van der Waals surface area contributed by atoms with E-state index < -0.39 is 5.97 Å². The molecular formula is C12H15NO4. The van der Waals surface area contributed by atoms with Crippen molar-refractivity contribution < 1.29 is 19.7 Å². The van der Waals surface area contributed by atoms with Gasteiger partial charge in [-0.15, -0.1) is 0 Å². The molecule has 1 rings (SSSR count). The maximum absolute atomic E-state index is 11.3. The third-order valence-corrected chi connectivity index (χ3v) is 2.18. The molecule has 0 aliphatic carbocycles. The Labute approximate surface area is 99.4 Å². The van der Waals surface area contributed by atoms with Crippen molar-refractivity contribution in [3.63, 3.8) is 0 Å². The highest BCUT2D eigenvalue weighted by Crippen LogP contribution is 2.17. The van der Waals surface area contributed by atoms with Gasteiger partial charge in [-0.1, -0.05) is 0 Å². The Morgan fingerprint density at radius 2 is 2.29 bits per heavy atom. The number of esters is 1. The van der Waals surface area contributed by atoms with Crippen molar-refractivity contribution in [1.29, 1.82) is 0 Å². The van der Waals surface area contributed by atoms with E-state index in [2.05, 4.69) is 9.73 Å². The monoisotopic (exact) mass is 237 g/mol. The molecular weight excluding hydrogens is 222 g/mol. The van der Waals surface area contributed by atoms with Gasteiger partial charge in [0.05, 0.1) is 25.3 Å². The van der Waals surface area contributed by atoms with Crippen LogP contribution in [0.1, 0.15) is 22.8 Å². The number of phenols is 1. The van der Waals surface area contributed by atoms with Crippen molar-refractivity contribution in [3.8, 4) is 5.75 Å². The van der Waals surface area contributed by atoms with Crippen molar-refractivity contribution in [3.05, 3.63) is 29.3 Å². The highest BCUT2D eigenvalue weighted by molar-refractivity contribution is 5.93. The smallest absolute Gasteiger partial charge is 0.337 e. The Kier molecular flexibility index (Phi) is 4.66. The number of hydrogen-bond acceptors (Lipinski definition) is 5. The summed E-state index contributed by atoms with van der Waals surface area (Å²) in [6.07, 6.45) is 1.42. The number of aliphatic imine (C=N–C) groups is 1. The topological polar surface area (TPSA) is 79.1 Å². The summed E-state index contributed by atoms with van der Waals surface area (Å²) < 4.78 is 4.57. The van der Waals surface area contributed by atoms with Crippen LogP contribution in [0.5, 0.6) is 5.75 Å². The summed E-state index contributed by atoms with van der Waals surface area (Å²) in [5.41, 5.74) is 0.747. The fraction of sp³-hybridized carbons (Fsp3) is 0.333. The number of methoxy groups -OCH3 is 1. The van der Waals surface area contributed by atoms with Gasteiger partial charge in [-0.2, -0.15) is 0 Å². The van der Waals surface area contributed by atoms with E-state index in [0.717, 1.165) is 0 Å². The summed E-state index contributed by atoms with van der Waals surface area (Å²) in [7, 11) is 1.29. The molecule has 1 aromatic rings. The maximum atomic E-state index is 11.3. The minimum absolute atomic E-state index is 0.0199. The first-order valence-corrected chi connectivity index (χ1v) is 5.14. The Morgan fingerprint density at radius 3 is 2.88 bits per heavy atom. The zero-order valence-electron chi connectivity index (χ0n) is 9.75. The maximum Gasteiger partial charge on any atom is 0.337 e. The van der Waals surface area contributed by atoms with Gasteiger partial charge in [0.15, 0.2) is 0 Å². The number of benzene rings is 1. The lowest BCUT2D eigenvalue weighted by Gasteiger charge is -2.04. The van der Waals surface area contributed by atoms with Crippen LogP contribution in [0.2, 0.25) is 0 Å². The molecule has 0 saturated heterocycles. The molecule has 0 fully saturated rings. The molecule has 5 nitrogen and oxygen atoms in total. The highest BCUT2D eigenvalue weighted by Gasteiger charge is 2.08. The van der Waals surface area contributed by atoms with Crippen LogP contribution in [0, 0.1) is 0 Å². The van der Waals surface area contributed by atoms with Crippen LogP contribution in [0.4, 0.5) is 0 Å². The largest absolute Gasteiger partial charge is 0.507 e. The lowest BCUT2D eigenvalue weighted by atomic mass is 10.1. The quantitative estimate of drug-likeness (QED) is 0.604. The predicted octanol–water partition coefficient (Wildman–Crippen LogP) is 0.978. The van der Waals surface area contributed by atoms with E-state index in [1.54, 1.807) is 6.92 Å². The average molecular weight is 237 g/mol. The van der Waals surface area contributed by atoms with E-state index in [-0.39, 0.29) is 18.4 Å². The summed E-state index contributed by atoms with van der Waals surface area (Å²) in [5.74, 6) is -0.457. The number of carbonyl (C=O) groups is 1. The first-order valence-electron chi connectivity index (χ1n) is 5.14. The van der Waals surface area contributed by atoms with Gasteiger partial charge in [0.2, 0.25) is 0 Å². The molecule has 0 saturated carbocycles. The predicted molar refractivity (Wildman–Crippen MR) is 63.6 cm³/mol. The van der Waals surface area contributed by atoms with Gasteiger partial charge in [0, 0.05) is 11.8 Å². The van der Waals surface area contributed by atoms with Crippen LogP contribution >= 0.6 is 0 Å². The number of aliphatic hydroxyl groups is 1. The van der Waals surface area contributed by atoms with Gasteiger partial charge in [-0.25, -0.2) is 4.79 Å². The molecule has 92 valence electrons. The van der Waals surface area contributed by atoms with Gasteiger partial charge in [-0.3, -0.25) is 4.99 Å². The fourth-order valence-electron chi connectivity index (χ4n) is 1.16. The van der Waals surface area contributed by atoms with E-state index in [1.807, 2.05) is 0 Å². The molecule has 5 heteroatoms. The van der Waals surface area contributed by atoms with E-state index in [9.17, 15) is 9.90 Å². The van der Waals surface area contributed by atoms with E-state index in [4.69, 9.17) is 5.11 Å². The molecule has 17 heavy (non-hydrogen) atoms. The second kappa shape index (κ2) is 6.00. The minimum atomic E-state index is -0.477. The number of carbonyl (C=O) groups excluding carboxylic acids is 1. The number of ether oxygens (including phenoxy) is 1. The second-order valence-electron chi connectivity index (χ2n) is 3.57. The number of aliphatic hydroxyl groups excluding tert-OH is 1. The number of aromatic hydroxyl groups is 1. The van der Waals surface area contributed by atoms with Crippen LogP contribution in [0.3, 0.4) is 0 Å². The third kappa shape index (κ3) is 3.57. The van der Waals surface area contributed by atoms with E-state index in [1.165, 1.54) is 31.5 Å². The standard InChI is InChI=1S/C12H15NO4/c1-8(7-14)13-6-10-5-9(12(16)17-2)3-4-11(10)15/h3-6,8,14-15H,7H2,1-2H3. The number of nitrogens with zero attached hydrogens (tertiary/aromatic N) is 1. The zero-order valence-corrected chi connectivity index (χ0v) is 9.75. The number of hydrogen-bond donors (Lipinski definition) is 2. The molecule has 0 aliphatic rings. The summed E-state index contributed by atoms with van der Waals surface area (Å²) in [6.45, 7) is 1.66. The summed E-state index contributed by atoms with van der Waals surface area (Å²) in [6, 6.07) is 4.09. The SMILES string of the molecule is COC(=O)c1ccc(O)c(C=NC(C)CO)c1. The third-order valence-electron chi connectivity index (χ3n) is 2.18. The molecule has 1 atom stereocenters. The minimum Gasteiger partial charge on any atom is -0.507 e. The molecule has 0 radical (unpaired) electrons. The summed E-state index contributed by atoms with van der Waals surface area (Å²) >= 11 is 0. The zero-order chi connectivity index (χ0) is 12.8. The Hall–Kier alpha value is -1.88. The second-order valence-corrected chi connectivity index (χ2v) is 3.57. The van der Waals surface area contributed by atoms with Crippen molar-refractivity contribution in [1.82, 2.24) is 0 Å². The molecule has 0 bridgehead atoms. The normalized spacial score (nSPS) is 12.6. The molecule has 0 heterocycles. The van der Waals surface area contributed by atoms with Crippen LogP contribution in [-0.4, -0.2) is 42.2 Å². The van der Waals surface area contributed by atoms with Gasteiger partial charge in [-0.05, 0) is 25.1 Å². The fourth-order valence-corrected chi connectivity index (χ4v) is 1.16. The Bertz CT molecular complexity index is 429. The molecule has 1 aromatic carbocycles. The van der Waals surface area contributed by atoms with Crippen molar-refractivity contribution >= 4 is 12.2 Å². The van der Waals surface area contributed by atoms with Crippen LogP contribution in [0.25, 0.3) is 0 Å². The van der Waals surface area contributed by atoms with Crippen molar-refractivity contribution in [2.45, 2.75) is 13.0 Å². The van der Waals surface area contributed by atoms with Gasteiger partial charge in [0.25, 0.3) is 0 Å². The summed E-state index contributed by atoms with van der Waals surface area (Å²) in [4.78, 5) is 15.3. The molecule has 0 aliphatic heterocycles. The molecule has 1 unspecified atom stereocenters. The van der Waals surface area contributed by atoms with Gasteiger partial charge < -0.3 is 14.9 Å². The molecule has 0 amide bonds. The number of phenolic OH excluding ortho intramolecular Hbond substituents is 1. The Balaban J connectivity index is 2.98.